The number of aliphatic imine (C=N–C) groups is 1. The molecule has 1 N–H and O–H groups in total. The first-order chi connectivity index (χ1) is 15.6. The number of anilines is 1. The van der Waals surface area contributed by atoms with Gasteiger partial charge in [-0.05, 0) is 88.1 Å². The van der Waals surface area contributed by atoms with E-state index >= 15 is 0 Å². The molecule has 33 heavy (non-hydrogen) atoms. The van der Waals surface area contributed by atoms with Crippen molar-refractivity contribution in [2.24, 2.45) is 4.99 Å². The molecule has 2 aliphatic heterocycles. The van der Waals surface area contributed by atoms with Crippen LogP contribution in [0.4, 0.5) is 11.4 Å². The molecular weight excluding hydrogens is 430 g/mol. The van der Waals surface area contributed by atoms with E-state index < -0.39 is 0 Å². The van der Waals surface area contributed by atoms with Crippen molar-refractivity contribution in [3.05, 3.63) is 57.5 Å². The zero-order valence-electron chi connectivity index (χ0n) is 20.6. The number of hydrogen-bond acceptors (Lipinski definition) is 5. The monoisotopic (exact) mass is 463 g/mol. The minimum atomic E-state index is -0.132. The molecule has 0 saturated carbocycles. The highest BCUT2D eigenvalue weighted by molar-refractivity contribution is 8.18. The number of benzene rings is 2. The number of amides is 1. The number of fused-ring (bicyclic) bond motifs is 1. The second-order valence-corrected chi connectivity index (χ2v) is 10.6. The van der Waals surface area contributed by atoms with Crippen molar-refractivity contribution in [1.29, 1.82) is 0 Å². The van der Waals surface area contributed by atoms with Gasteiger partial charge in [0.25, 0.3) is 5.91 Å². The largest absolute Gasteiger partial charge is 0.496 e. The lowest BCUT2D eigenvalue weighted by Gasteiger charge is -2.47. The second-order valence-electron chi connectivity index (χ2n) is 9.59. The van der Waals surface area contributed by atoms with Gasteiger partial charge in [0.2, 0.25) is 0 Å². The molecule has 2 aromatic carbocycles. The van der Waals surface area contributed by atoms with Crippen molar-refractivity contribution in [1.82, 2.24) is 5.32 Å². The van der Waals surface area contributed by atoms with E-state index in [1.54, 1.807) is 7.11 Å². The molecule has 1 atom stereocenters. The van der Waals surface area contributed by atoms with Gasteiger partial charge >= 0.3 is 0 Å². The summed E-state index contributed by atoms with van der Waals surface area (Å²) < 4.78 is 5.76. The van der Waals surface area contributed by atoms with Gasteiger partial charge < -0.3 is 15.0 Å². The van der Waals surface area contributed by atoms with Crippen LogP contribution in [0.5, 0.6) is 5.75 Å². The minimum Gasteiger partial charge on any atom is -0.496 e. The van der Waals surface area contributed by atoms with E-state index in [4.69, 9.17) is 4.74 Å². The number of carbonyl (C=O) groups excluding carboxylic acids is 1. The fourth-order valence-electron chi connectivity index (χ4n) is 5.08. The summed E-state index contributed by atoms with van der Waals surface area (Å²) in [5.74, 6) is 1.07. The molecule has 174 valence electrons. The number of methoxy groups -OCH3 is 1. The maximum atomic E-state index is 12.7. The van der Waals surface area contributed by atoms with Crippen LogP contribution in [0.1, 0.15) is 62.3 Å². The smallest absolute Gasteiger partial charge is 0.264 e. The second kappa shape index (κ2) is 8.90. The number of thioether (sulfide) groups is 1. The lowest BCUT2D eigenvalue weighted by atomic mass is 9.79. The predicted molar refractivity (Wildman–Crippen MR) is 140 cm³/mol. The van der Waals surface area contributed by atoms with Gasteiger partial charge in [-0.25, -0.2) is 4.99 Å². The van der Waals surface area contributed by atoms with E-state index in [2.05, 4.69) is 68.0 Å². The summed E-state index contributed by atoms with van der Waals surface area (Å²) in [6, 6.07) is 10.4. The molecule has 6 heteroatoms. The lowest BCUT2D eigenvalue weighted by molar-refractivity contribution is -0.115. The van der Waals surface area contributed by atoms with Gasteiger partial charge in [0, 0.05) is 29.4 Å². The summed E-state index contributed by atoms with van der Waals surface area (Å²) in [4.78, 5) is 20.5. The molecule has 2 aliphatic rings. The molecular formula is C27H33N3O2S. The Morgan fingerprint density at radius 3 is 2.70 bits per heavy atom. The third-order valence-electron chi connectivity index (χ3n) is 6.57. The number of nitrogens with zero attached hydrogens (tertiary/aromatic N) is 2. The summed E-state index contributed by atoms with van der Waals surface area (Å²) in [6.07, 6.45) is 3.00. The zero-order valence-corrected chi connectivity index (χ0v) is 21.4. The topological polar surface area (TPSA) is 53.9 Å². The predicted octanol–water partition coefficient (Wildman–Crippen LogP) is 6.32. The van der Waals surface area contributed by atoms with Gasteiger partial charge in [0.1, 0.15) is 5.75 Å². The van der Waals surface area contributed by atoms with Crippen LogP contribution in [0, 0.1) is 13.8 Å². The highest BCUT2D eigenvalue weighted by atomic mass is 32.2. The summed E-state index contributed by atoms with van der Waals surface area (Å²) in [5.41, 5.74) is 6.68. The Balaban J connectivity index is 1.70. The van der Waals surface area contributed by atoms with Crippen molar-refractivity contribution in [2.45, 2.75) is 59.4 Å². The number of amidine groups is 1. The maximum Gasteiger partial charge on any atom is 0.264 e. The molecule has 1 saturated heterocycles. The van der Waals surface area contributed by atoms with Gasteiger partial charge in [0.15, 0.2) is 5.17 Å². The molecule has 1 fully saturated rings. The molecule has 4 rings (SSSR count). The van der Waals surface area contributed by atoms with Gasteiger partial charge in [-0.2, -0.15) is 0 Å². The number of ether oxygens (including phenoxy) is 1. The Morgan fingerprint density at radius 2 is 2.03 bits per heavy atom. The van der Waals surface area contributed by atoms with E-state index in [1.807, 2.05) is 25.1 Å². The van der Waals surface area contributed by atoms with Crippen molar-refractivity contribution < 1.29 is 9.53 Å². The molecule has 1 unspecified atom stereocenters. The fraction of sp³-hybridized carbons (Fsp3) is 0.407. The fourth-order valence-corrected chi connectivity index (χ4v) is 5.90. The van der Waals surface area contributed by atoms with Crippen LogP contribution < -0.4 is 15.0 Å². The molecule has 5 nitrogen and oxygen atoms in total. The molecule has 0 aliphatic carbocycles. The Bertz CT molecular complexity index is 1170. The standard InChI is InChI=1S/C27H33N3O2S/c1-8-30-22-14-23(32-7)19(12-20(22)18(4)15-27(30,5)6)13-24-25(31)29-26(33-24)28-21-10-9-16(2)11-17(21)3/h9-14,18H,8,15H2,1-7H3,(H,28,29,31)/b24-13+. The quantitative estimate of drug-likeness (QED) is 0.540. The molecule has 2 aromatic rings. The Kier molecular flexibility index (Phi) is 6.32. The highest BCUT2D eigenvalue weighted by Crippen LogP contribution is 2.46. The zero-order chi connectivity index (χ0) is 23.9. The number of carbonyl (C=O) groups is 1. The van der Waals surface area contributed by atoms with E-state index in [1.165, 1.54) is 28.6 Å². The molecule has 2 heterocycles. The number of hydrogen-bond donors (Lipinski definition) is 1. The molecule has 0 radical (unpaired) electrons. The van der Waals surface area contributed by atoms with Crippen molar-refractivity contribution >= 4 is 40.3 Å². The van der Waals surface area contributed by atoms with Crippen molar-refractivity contribution in [2.75, 3.05) is 18.6 Å². The first-order valence-corrected chi connectivity index (χ1v) is 12.3. The average Bonchev–Trinajstić information content (AvgIpc) is 3.08. The van der Waals surface area contributed by atoms with E-state index in [0.29, 0.717) is 16.0 Å². The molecule has 1 amide bonds. The first-order valence-electron chi connectivity index (χ1n) is 11.5. The third kappa shape index (κ3) is 4.54. The summed E-state index contributed by atoms with van der Waals surface area (Å²) >= 11 is 1.37. The van der Waals surface area contributed by atoms with Crippen LogP contribution in [0.3, 0.4) is 0 Å². The lowest BCUT2D eigenvalue weighted by Crippen LogP contribution is -2.48. The van der Waals surface area contributed by atoms with E-state index in [9.17, 15) is 4.79 Å². The molecule has 0 spiro atoms. The van der Waals surface area contributed by atoms with Gasteiger partial charge in [0.05, 0.1) is 17.7 Å². The molecule has 0 aromatic heterocycles. The average molecular weight is 464 g/mol. The van der Waals surface area contributed by atoms with Crippen LogP contribution >= 0.6 is 11.8 Å². The SMILES string of the molecule is CCN1c2cc(OC)c(/C=C3/SC(=Nc4ccc(C)cc4C)NC3=O)cc2C(C)CC1(C)C. The van der Waals surface area contributed by atoms with Crippen LogP contribution in [0.25, 0.3) is 6.08 Å². The van der Waals surface area contributed by atoms with Crippen LogP contribution in [-0.2, 0) is 4.79 Å². The first kappa shape index (κ1) is 23.4. The van der Waals surface area contributed by atoms with E-state index in [0.717, 1.165) is 35.5 Å². The van der Waals surface area contributed by atoms with Crippen molar-refractivity contribution in [3.63, 3.8) is 0 Å². The summed E-state index contributed by atoms with van der Waals surface area (Å²) in [5, 5.41) is 3.51. The summed E-state index contributed by atoms with van der Waals surface area (Å²) in [7, 11) is 1.69. The van der Waals surface area contributed by atoms with Gasteiger partial charge in [-0.3, -0.25) is 4.79 Å². The number of aryl methyl sites for hydroxylation is 2. The van der Waals surface area contributed by atoms with Gasteiger partial charge in [-0.1, -0.05) is 24.6 Å². The third-order valence-corrected chi connectivity index (χ3v) is 7.48. The highest BCUT2D eigenvalue weighted by Gasteiger charge is 2.36. The minimum absolute atomic E-state index is 0.0901. The van der Waals surface area contributed by atoms with Crippen LogP contribution in [0.15, 0.2) is 40.2 Å². The summed E-state index contributed by atoms with van der Waals surface area (Å²) in [6.45, 7) is 14.1. The Labute approximate surface area is 201 Å². The van der Waals surface area contributed by atoms with Crippen LogP contribution in [0.2, 0.25) is 0 Å². The Hall–Kier alpha value is -2.73. The van der Waals surface area contributed by atoms with E-state index in [-0.39, 0.29) is 11.4 Å². The molecule has 0 bridgehead atoms. The number of rotatable bonds is 4. The van der Waals surface area contributed by atoms with Gasteiger partial charge in [-0.15, -0.1) is 0 Å². The van der Waals surface area contributed by atoms with Crippen LogP contribution in [-0.4, -0.2) is 30.3 Å². The maximum absolute atomic E-state index is 12.7. The Morgan fingerprint density at radius 1 is 1.27 bits per heavy atom. The normalized spacial score (nSPS) is 22.0. The van der Waals surface area contributed by atoms with Crippen molar-refractivity contribution in [3.8, 4) is 5.75 Å². The number of nitrogens with one attached hydrogen (secondary N) is 1.